The van der Waals surface area contributed by atoms with Crippen molar-refractivity contribution < 1.29 is 9.53 Å². The molecule has 1 atom stereocenters. The molecule has 1 unspecified atom stereocenters. The van der Waals surface area contributed by atoms with Crippen molar-refractivity contribution in [3.8, 4) is 28.4 Å². The molecule has 0 aliphatic rings. The molecule has 0 bridgehead atoms. The van der Waals surface area contributed by atoms with Crippen molar-refractivity contribution in [3.63, 3.8) is 0 Å². The Balaban J connectivity index is 1.67. The van der Waals surface area contributed by atoms with Gasteiger partial charge >= 0.3 is 0 Å². The summed E-state index contributed by atoms with van der Waals surface area (Å²) < 4.78 is 5.20. The van der Waals surface area contributed by atoms with Gasteiger partial charge in [0, 0.05) is 29.7 Å². The molecule has 6 nitrogen and oxygen atoms in total. The first kappa shape index (κ1) is 20.2. The first-order chi connectivity index (χ1) is 15.2. The average molecular weight is 410 g/mol. The molecule has 0 aliphatic heterocycles. The third kappa shape index (κ3) is 4.59. The van der Waals surface area contributed by atoms with Crippen LogP contribution in [0.25, 0.3) is 22.6 Å². The van der Waals surface area contributed by atoms with E-state index in [1.807, 2.05) is 73.7 Å². The molecule has 0 radical (unpaired) electrons. The highest BCUT2D eigenvalue weighted by atomic mass is 16.5. The molecule has 0 saturated carbocycles. The number of carbonyl (C=O) groups excluding carboxylic acids is 1. The normalized spacial score (nSPS) is 11.5. The second-order valence-electron chi connectivity index (χ2n) is 7.03. The molecule has 4 rings (SSSR count). The molecule has 0 fully saturated rings. The quantitative estimate of drug-likeness (QED) is 0.498. The fourth-order valence-corrected chi connectivity index (χ4v) is 3.25. The van der Waals surface area contributed by atoms with Crippen molar-refractivity contribution in [2.24, 2.45) is 0 Å². The first-order valence-corrected chi connectivity index (χ1v) is 9.93. The first-order valence-electron chi connectivity index (χ1n) is 9.93. The topological polar surface area (TPSA) is 77.0 Å². The number of methoxy groups -OCH3 is 1. The van der Waals surface area contributed by atoms with Gasteiger partial charge in [0.1, 0.15) is 5.75 Å². The summed E-state index contributed by atoms with van der Waals surface area (Å²) in [6.07, 6.45) is 4.95. The number of aromatic nitrogens is 3. The van der Waals surface area contributed by atoms with Crippen LogP contribution in [0.4, 0.5) is 0 Å². The van der Waals surface area contributed by atoms with Crippen LogP contribution < -0.4 is 10.1 Å². The highest BCUT2D eigenvalue weighted by molar-refractivity contribution is 6.00. The maximum Gasteiger partial charge on any atom is 0.255 e. The zero-order valence-electron chi connectivity index (χ0n) is 17.3. The number of amides is 1. The van der Waals surface area contributed by atoms with Crippen molar-refractivity contribution in [2.45, 2.75) is 13.0 Å². The summed E-state index contributed by atoms with van der Waals surface area (Å²) in [5.74, 6) is 1.09. The summed E-state index contributed by atoms with van der Waals surface area (Å²) in [6, 6.07) is 20.8. The van der Waals surface area contributed by atoms with E-state index in [-0.39, 0.29) is 11.9 Å². The highest BCUT2D eigenvalue weighted by Crippen LogP contribution is 2.25. The minimum Gasteiger partial charge on any atom is -0.497 e. The van der Waals surface area contributed by atoms with Crippen LogP contribution in [0.1, 0.15) is 28.9 Å². The molecule has 31 heavy (non-hydrogen) atoms. The Morgan fingerprint density at radius 2 is 1.65 bits per heavy atom. The Hall–Kier alpha value is -4.06. The van der Waals surface area contributed by atoms with Gasteiger partial charge in [-0.2, -0.15) is 0 Å². The molecule has 1 amide bonds. The fraction of sp³-hybridized carbons (Fsp3) is 0.120. The van der Waals surface area contributed by atoms with Crippen molar-refractivity contribution in [1.29, 1.82) is 0 Å². The van der Waals surface area contributed by atoms with Crippen LogP contribution in [0.5, 0.6) is 5.75 Å². The van der Waals surface area contributed by atoms with Crippen molar-refractivity contribution >= 4 is 5.91 Å². The lowest BCUT2D eigenvalue weighted by molar-refractivity contribution is 0.0940. The van der Waals surface area contributed by atoms with E-state index in [2.05, 4.69) is 15.3 Å². The van der Waals surface area contributed by atoms with Crippen LogP contribution in [0.3, 0.4) is 0 Å². The number of pyridine rings is 1. The maximum absolute atomic E-state index is 13.2. The van der Waals surface area contributed by atoms with E-state index in [0.717, 1.165) is 22.4 Å². The van der Waals surface area contributed by atoms with Gasteiger partial charge in [0.25, 0.3) is 5.91 Å². The Morgan fingerprint density at radius 1 is 0.935 bits per heavy atom. The fourth-order valence-electron chi connectivity index (χ4n) is 3.25. The lowest BCUT2D eigenvalue weighted by Gasteiger charge is -2.16. The van der Waals surface area contributed by atoms with Crippen LogP contribution in [-0.4, -0.2) is 28.0 Å². The van der Waals surface area contributed by atoms with Crippen LogP contribution in [0, 0.1) is 0 Å². The van der Waals surface area contributed by atoms with Crippen LogP contribution in [-0.2, 0) is 0 Å². The van der Waals surface area contributed by atoms with Crippen LogP contribution in [0.15, 0.2) is 85.3 Å². The number of ether oxygens (including phenoxy) is 1. The summed E-state index contributed by atoms with van der Waals surface area (Å²) in [5.41, 5.74) is 3.64. The van der Waals surface area contributed by atoms with E-state index < -0.39 is 0 Å². The lowest BCUT2D eigenvalue weighted by Crippen LogP contribution is -2.27. The lowest BCUT2D eigenvalue weighted by atomic mass is 10.1. The van der Waals surface area contributed by atoms with E-state index in [4.69, 9.17) is 9.72 Å². The third-order valence-corrected chi connectivity index (χ3v) is 4.98. The molecular weight excluding hydrogens is 388 g/mol. The predicted molar refractivity (Wildman–Crippen MR) is 120 cm³/mol. The molecule has 4 aromatic rings. The molecule has 6 heteroatoms. The number of hydrogen-bond acceptors (Lipinski definition) is 5. The molecule has 1 N–H and O–H groups in total. The maximum atomic E-state index is 13.2. The minimum absolute atomic E-state index is 0.197. The summed E-state index contributed by atoms with van der Waals surface area (Å²) in [6.45, 7) is 1.94. The van der Waals surface area contributed by atoms with Gasteiger partial charge in [0.15, 0.2) is 5.82 Å². The minimum atomic E-state index is -0.241. The molecule has 2 aromatic heterocycles. The van der Waals surface area contributed by atoms with Gasteiger partial charge < -0.3 is 10.1 Å². The SMILES string of the molecule is COc1ccc(C(C)NC(=O)c2cnc(-c3ccccc3)nc2-c2ccncc2)cc1. The van der Waals surface area contributed by atoms with Crippen molar-refractivity contribution in [1.82, 2.24) is 20.3 Å². The standard InChI is InChI=1S/C25H22N4O2/c1-17(18-8-10-21(31-2)11-9-18)28-25(30)22-16-27-24(20-6-4-3-5-7-20)29-23(22)19-12-14-26-15-13-19/h3-17H,1-2H3,(H,28,30). The number of rotatable bonds is 6. The largest absolute Gasteiger partial charge is 0.497 e. The monoisotopic (exact) mass is 410 g/mol. The van der Waals surface area contributed by atoms with Crippen LogP contribution >= 0.6 is 0 Å². The molecule has 0 aliphatic carbocycles. The van der Waals surface area contributed by atoms with Gasteiger partial charge in [-0.3, -0.25) is 9.78 Å². The number of carbonyl (C=O) groups is 1. The smallest absolute Gasteiger partial charge is 0.255 e. The second-order valence-corrected chi connectivity index (χ2v) is 7.03. The highest BCUT2D eigenvalue weighted by Gasteiger charge is 2.19. The van der Waals surface area contributed by atoms with Gasteiger partial charge in [-0.1, -0.05) is 42.5 Å². The van der Waals surface area contributed by atoms with Gasteiger partial charge in [-0.15, -0.1) is 0 Å². The van der Waals surface area contributed by atoms with E-state index in [9.17, 15) is 4.79 Å². The molecule has 2 aromatic carbocycles. The molecule has 0 spiro atoms. The number of nitrogens with zero attached hydrogens (tertiary/aromatic N) is 3. The third-order valence-electron chi connectivity index (χ3n) is 4.98. The Morgan fingerprint density at radius 3 is 2.32 bits per heavy atom. The zero-order chi connectivity index (χ0) is 21.6. The average Bonchev–Trinajstić information content (AvgIpc) is 2.84. The summed E-state index contributed by atoms with van der Waals surface area (Å²) >= 11 is 0. The summed E-state index contributed by atoms with van der Waals surface area (Å²) in [7, 11) is 1.62. The van der Waals surface area contributed by atoms with E-state index in [1.54, 1.807) is 25.7 Å². The molecular formula is C25H22N4O2. The Kier molecular flexibility index (Phi) is 5.98. The summed E-state index contributed by atoms with van der Waals surface area (Å²) in [4.78, 5) is 26.4. The molecule has 154 valence electrons. The molecule has 0 saturated heterocycles. The van der Waals surface area contributed by atoms with Gasteiger partial charge in [0.05, 0.1) is 24.4 Å². The van der Waals surface area contributed by atoms with Gasteiger partial charge in [-0.05, 0) is 36.8 Å². The molecule has 2 heterocycles. The number of hydrogen-bond donors (Lipinski definition) is 1. The van der Waals surface area contributed by atoms with E-state index in [0.29, 0.717) is 17.1 Å². The number of nitrogens with one attached hydrogen (secondary N) is 1. The van der Waals surface area contributed by atoms with Crippen molar-refractivity contribution in [2.75, 3.05) is 7.11 Å². The van der Waals surface area contributed by atoms with E-state index >= 15 is 0 Å². The Labute approximate surface area is 181 Å². The zero-order valence-corrected chi connectivity index (χ0v) is 17.3. The number of benzene rings is 2. The van der Waals surface area contributed by atoms with Crippen LogP contribution in [0.2, 0.25) is 0 Å². The summed E-state index contributed by atoms with van der Waals surface area (Å²) in [5, 5.41) is 3.04. The van der Waals surface area contributed by atoms with Gasteiger partial charge in [0.2, 0.25) is 0 Å². The van der Waals surface area contributed by atoms with E-state index in [1.165, 1.54) is 0 Å². The Bertz CT molecular complexity index is 1160. The van der Waals surface area contributed by atoms with Crippen molar-refractivity contribution in [3.05, 3.63) is 96.4 Å². The second kappa shape index (κ2) is 9.17. The predicted octanol–water partition coefficient (Wildman–Crippen LogP) is 4.71. The van der Waals surface area contributed by atoms with Gasteiger partial charge in [-0.25, -0.2) is 9.97 Å².